The number of hydrogen-bond donors (Lipinski definition) is 2. The van der Waals surface area contributed by atoms with Gasteiger partial charge < -0.3 is 15.1 Å². The Morgan fingerprint density at radius 1 is 1.21 bits per heavy atom. The second-order valence-electron chi connectivity index (χ2n) is 5.76. The smallest absolute Gasteiger partial charge is 0.280 e. The molecule has 19 heavy (non-hydrogen) atoms. The van der Waals surface area contributed by atoms with Gasteiger partial charge in [-0.15, -0.1) is 0 Å². The highest BCUT2D eigenvalue weighted by Crippen LogP contribution is 2.08. The lowest BCUT2D eigenvalue weighted by atomic mass is 10.1. The number of hydrogen-bond acceptors (Lipinski definition) is 1. The van der Waals surface area contributed by atoms with E-state index in [9.17, 15) is 4.79 Å². The van der Waals surface area contributed by atoms with Crippen LogP contribution in [0.4, 0.5) is 0 Å². The highest BCUT2D eigenvalue weighted by Gasteiger charge is 2.24. The number of nitrogens with one attached hydrogen (secondary N) is 1. The summed E-state index contributed by atoms with van der Waals surface area (Å²) in [5.41, 5.74) is 0. The van der Waals surface area contributed by atoms with Gasteiger partial charge in [0.05, 0.1) is 26.2 Å². The Labute approximate surface area is 118 Å². The molecule has 0 unspecified atom stereocenters. The monoisotopic (exact) mass is 271 g/mol. The van der Waals surface area contributed by atoms with Crippen molar-refractivity contribution < 1.29 is 15.0 Å². The van der Waals surface area contributed by atoms with E-state index in [0.29, 0.717) is 5.91 Å². The molecule has 4 heteroatoms. The maximum atomic E-state index is 12.2. The molecule has 1 atom stereocenters. The molecule has 1 saturated heterocycles. The number of amides is 1. The minimum absolute atomic E-state index is 0.102. The van der Waals surface area contributed by atoms with E-state index in [2.05, 4.69) is 31.0 Å². The number of quaternary nitrogens is 2. The predicted octanol–water partition coefficient (Wildman–Crippen LogP) is -0.734. The standard InChI is InChI=1S/C15H31N3O/c1-4-17(5-2)11-9-10-16-14(3)15(19)18-12-7-6-8-13-18/h14,16H,4-13H2,1-3H3/p+2/t14-/m0/s1. The van der Waals surface area contributed by atoms with Crippen LogP contribution in [0, 0.1) is 0 Å². The normalized spacial score (nSPS) is 17.8. The molecule has 0 spiro atoms. The van der Waals surface area contributed by atoms with Gasteiger partial charge in [-0.05, 0) is 40.0 Å². The average Bonchev–Trinajstić information content (AvgIpc) is 2.47. The van der Waals surface area contributed by atoms with Gasteiger partial charge in [0.2, 0.25) is 0 Å². The van der Waals surface area contributed by atoms with Crippen LogP contribution in [-0.2, 0) is 4.79 Å². The van der Waals surface area contributed by atoms with E-state index in [1.165, 1.54) is 45.3 Å². The minimum atomic E-state index is 0.102. The Morgan fingerprint density at radius 3 is 2.42 bits per heavy atom. The van der Waals surface area contributed by atoms with Crippen LogP contribution in [0.1, 0.15) is 46.5 Å². The fourth-order valence-electron chi connectivity index (χ4n) is 2.83. The van der Waals surface area contributed by atoms with Crippen molar-refractivity contribution in [2.24, 2.45) is 0 Å². The zero-order chi connectivity index (χ0) is 14.1. The Morgan fingerprint density at radius 2 is 1.84 bits per heavy atom. The van der Waals surface area contributed by atoms with Crippen LogP contribution in [0.25, 0.3) is 0 Å². The molecule has 1 aliphatic rings. The maximum Gasteiger partial charge on any atom is 0.280 e. The topological polar surface area (TPSA) is 41.4 Å². The van der Waals surface area contributed by atoms with Crippen LogP contribution in [0.2, 0.25) is 0 Å². The third-order valence-corrected chi connectivity index (χ3v) is 4.31. The second-order valence-corrected chi connectivity index (χ2v) is 5.76. The number of carbonyl (C=O) groups excluding carboxylic acids is 1. The molecule has 1 aliphatic heterocycles. The lowest BCUT2D eigenvalue weighted by Crippen LogP contribution is -3.11. The first-order valence-electron chi connectivity index (χ1n) is 8.14. The van der Waals surface area contributed by atoms with Gasteiger partial charge in [0.15, 0.2) is 6.04 Å². The quantitative estimate of drug-likeness (QED) is 0.561. The van der Waals surface area contributed by atoms with Gasteiger partial charge >= 0.3 is 0 Å². The van der Waals surface area contributed by atoms with Crippen molar-refractivity contribution in [2.75, 3.05) is 39.3 Å². The number of rotatable bonds is 8. The first kappa shape index (κ1) is 16.4. The minimum Gasteiger partial charge on any atom is -0.338 e. The summed E-state index contributed by atoms with van der Waals surface area (Å²) < 4.78 is 0. The molecular formula is C15H33N3O+2. The number of nitrogens with zero attached hydrogens (tertiary/aromatic N) is 1. The van der Waals surface area contributed by atoms with Crippen molar-refractivity contribution in [3.8, 4) is 0 Å². The molecule has 1 amide bonds. The van der Waals surface area contributed by atoms with Crippen LogP contribution in [0.5, 0.6) is 0 Å². The van der Waals surface area contributed by atoms with Crippen molar-refractivity contribution in [3.05, 3.63) is 0 Å². The van der Waals surface area contributed by atoms with Gasteiger partial charge in [-0.25, -0.2) is 0 Å². The largest absolute Gasteiger partial charge is 0.338 e. The fraction of sp³-hybridized carbons (Fsp3) is 0.933. The van der Waals surface area contributed by atoms with Gasteiger partial charge in [0.25, 0.3) is 5.91 Å². The third-order valence-electron chi connectivity index (χ3n) is 4.31. The van der Waals surface area contributed by atoms with Crippen LogP contribution in [0.15, 0.2) is 0 Å². The van der Waals surface area contributed by atoms with Gasteiger partial charge in [0.1, 0.15) is 0 Å². The van der Waals surface area contributed by atoms with E-state index in [-0.39, 0.29) is 6.04 Å². The molecular weight excluding hydrogens is 238 g/mol. The molecule has 0 aromatic carbocycles. The average molecular weight is 271 g/mol. The molecule has 3 N–H and O–H groups in total. The fourth-order valence-corrected chi connectivity index (χ4v) is 2.83. The van der Waals surface area contributed by atoms with E-state index in [1.54, 1.807) is 4.90 Å². The number of piperidine rings is 1. The molecule has 0 saturated carbocycles. The van der Waals surface area contributed by atoms with Gasteiger partial charge in [-0.1, -0.05) is 0 Å². The zero-order valence-electron chi connectivity index (χ0n) is 13.1. The molecule has 1 rings (SSSR count). The van der Waals surface area contributed by atoms with E-state index < -0.39 is 0 Å². The molecule has 0 bridgehead atoms. The Balaban J connectivity index is 2.15. The Hall–Kier alpha value is -0.610. The van der Waals surface area contributed by atoms with Gasteiger partial charge in [-0.3, -0.25) is 4.79 Å². The van der Waals surface area contributed by atoms with Crippen LogP contribution in [0.3, 0.4) is 0 Å². The van der Waals surface area contributed by atoms with E-state index in [1.807, 2.05) is 0 Å². The molecule has 0 aromatic heterocycles. The predicted molar refractivity (Wildman–Crippen MR) is 78.2 cm³/mol. The van der Waals surface area contributed by atoms with Crippen molar-refractivity contribution in [2.45, 2.75) is 52.5 Å². The summed E-state index contributed by atoms with van der Waals surface area (Å²) in [4.78, 5) is 15.9. The zero-order valence-corrected chi connectivity index (χ0v) is 13.1. The first-order valence-corrected chi connectivity index (χ1v) is 8.14. The lowest BCUT2D eigenvalue weighted by molar-refractivity contribution is -0.898. The van der Waals surface area contributed by atoms with Crippen molar-refractivity contribution in [1.82, 2.24) is 4.90 Å². The second kappa shape index (κ2) is 9.32. The number of carbonyl (C=O) groups is 1. The summed E-state index contributed by atoms with van der Waals surface area (Å²) in [6.45, 7) is 13.2. The Bertz CT molecular complexity index is 248. The van der Waals surface area contributed by atoms with Gasteiger partial charge in [0, 0.05) is 19.5 Å². The van der Waals surface area contributed by atoms with Crippen LogP contribution < -0.4 is 10.2 Å². The Kier molecular flexibility index (Phi) is 8.07. The van der Waals surface area contributed by atoms with Gasteiger partial charge in [-0.2, -0.15) is 0 Å². The SMILES string of the molecule is CC[NH+](CC)CCC[NH2+][C@@H](C)C(=O)N1CCCCC1. The number of likely N-dealkylation sites (tertiary alicyclic amines) is 1. The summed E-state index contributed by atoms with van der Waals surface area (Å²) >= 11 is 0. The molecule has 1 fully saturated rings. The third kappa shape index (κ3) is 5.91. The number of nitrogens with two attached hydrogens (primary N) is 1. The molecule has 0 aromatic rings. The highest BCUT2D eigenvalue weighted by atomic mass is 16.2. The van der Waals surface area contributed by atoms with Crippen molar-refractivity contribution >= 4 is 5.91 Å². The van der Waals surface area contributed by atoms with E-state index >= 15 is 0 Å². The summed E-state index contributed by atoms with van der Waals surface area (Å²) in [5.74, 6) is 0.342. The summed E-state index contributed by atoms with van der Waals surface area (Å²) in [5, 5.41) is 2.22. The molecule has 112 valence electrons. The highest BCUT2D eigenvalue weighted by molar-refractivity contribution is 5.80. The molecule has 0 aliphatic carbocycles. The van der Waals surface area contributed by atoms with E-state index in [0.717, 1.165) is 19.6 Å². The summed E-state index contributed by atoms with van der Waals surface area (Å²) in [6.07, 6.45) is 4.86. The maximum absolute atomic E-state index is 12.2. The van der Waals surface area contributed by atoms with Crippen molar-refractivity contribution in [1.29, 1.82) is 0 Å². The lowest BCUT2D eigenvalue weighted by Gasteiger charge is -2.28. The first-order chi connectivity index (χ1) is 9.19. The van der Waals surface area contributed by atoms with Crippen LogP contribution >= 0.6 is 0 Å². The molecule has 4 nitrogen and oxygen atoms in total. The molecule has 1 heterocycles. The summed E-state index contributed by atoms with van der Waals surface area (Å²) in [7, 11) is 0. The molecule has 0 radical (unpaired) electrons. The summed E-state index contributed by atoms with van der Waals surface area (Å²) in [6, 6.07) is 0.102. The van der Waals surface area contributed by atoms with Crippen LogP contribution in [-0.4, -0.2) is 56.1 Å². The van der Waals surface area contributed by atoms with Crippen molar-refractivity contribution in [3.63, 3.8) is 0 Å². The van der Waals surface area contributed by atoms with E-state index in [4.69, 9.17) is 0 Å².